The van der Waals surface area contributed by atoms with E-state index in [1.54, 1.807) is 0 Å². The zero-order chi connectivity index (χ0) is 11.7. The fourth-order valence-electron chi connectivity index (χ4n) is 1.35. The van der Waals surface area contributed by atoms with Crippen LogP contribution in [-0.4, -0.2) is 16.2 Å². The summed E-state index contributed by atoms with van der Waals surface area (Å²) in [6.45, 7) is 1.95. The Morgan fingerprint density at radius 2 is 2.25 bits per heavy atom. The average Bonchev–Trinajstić information content (AvgIpc) is 2.71. The number of rotatable bonds is 2. The Balaban J connectivity index is 2.50. The predicted octanol–water partition coefficient (Wildman–Crippen LogP) is 3.11. The van der Waals surface area contributed by atoms with Crippen LogP contribution in [0.1, 0.15) is 16.1 Å². The maximum atomic E-state index is 10.7. The summed E-state index contributed by atoms with van der Waals surface area (Å²) in [5.74, 6) is -1.29. The number of hydrogen-bond acceptors (Lipinski definition) is 3. The third-order valence-corrected chi connectivity index (χ3v) is 3.24. The second-order valence-corrected chi connectivity index (χ2v) is 4.11. The molecule has 2 rings (SSSR count). The van der Waals surface area contributed by atoms with Crippen molar-refractivity contribution in [3.63, 3.8) is 0 Å². The first-order chi connectivity index (χ1) is 7.59. The van der Waals surface area contributed by atoms with Gasteiger partial charge in [0.15, 0.2) is 0 Å². The average molecular weight is 282 g/mol. The van der Waals surface area contributed by atoms with Crippen LogP contribution in [0.25, 0.3) is 11.3 Å². The maximum absolute atomic E-state index is 10.7. The van der Waals surface area contributed by atoms with Gasteiger partial charge in [0.1, 0.15) is 5.69 Å². The van der Waals surface area contributed by atoms with E-state index in [0.29, 0.717) is 5.69 Å². The van der Waals surface area contributed by atoms with Crippen molar-refractivity contribution in [3.8, 4) is 11.3 Å². The van der Waals surface area contributed by atoms with E-state index in [4.69, 9.17) is 9.63 Å². The third-order valence-electron chi connectivity index (χ3n) is 2.19. The quantitative estimate of drug-likeness (QED) is 0.919. The molecule has 1 aromatic carbocycles. The number of carboxylic acids is 1. The first-order valence-electron chi connectivity index (χ1n) is 4.55. The number of halogens is 1. The lowest BCUT2D eigenvalue weighted by Gasteiger charge is -2.02. The molecule has 82 valence electrons. The van der Waals surface area contributed by atoms with Crippen LogP contribution < -0.4 is 0 Å². The number of carboxylic acid groups (broad SMARTS) is 1. The Bertz CT molecular complexity index is 548. The lowest BCUT2D eigenvalue weighted by Crippen LogP contribution is -1.91. The Morgan fingerprint density at radius 3 is 2.88 bits per heavy atom. The van der Waals surface area contributed by atoms with E-state index in [1.807, 2.05) is 25.1 Å². The zero-order valence-corrected chi connectivity index (χ0v) is 9.98. The lowest BCUT2D eigenvalue weighted by molar-refractivity contribution is 0.0652. The van der Waals surface area contributed by atoms with Gasteiger partial charge in [-0.15, -0.1) is 0 Å². The molecular formula is C11H8BrNO3. The first-order valence-corrected chi connectivity index (χ1v) is 5.34. The van der Waals surface area contributed by atoms with Gasteiger partial charge in [-0.3, -0.25) is 0 Å². The van der Waals surface area contributed by atoms with Gasteiger partial charge in [-0.25, -0.2) is 4.79 Å². The number of aromatic carboxylic acids is 1. The molecule has 0 radical (unpaired) electrons. The Hall–Kier alpha value is -1.62. The van der Waals surface area contributed by atoms with Gasteiger partial charge >= 0.3 is 5.97 Å². The van der Waals surface area contributed by atoms with Crippen molar-refractivity contribution in [2.45, 2.75) is 6.92 Å². The van der Waals surface area contributed by atoms with E-state index in [9.17, 15) is 4.79 Å². The SMILES string of the molecule is Cc1cccc(-c2cc(C(=O)O)on2)c1Br. The molecule has 0 bridgehead atoms. The minimum absolute atomic E-state index is 0.164. The first kappa shape index (κ1) is 10.9. The fourth-order valence-corrected chi connectivity index (χ4v) is 1.82. The van der Waals surface area contributed by atoms with Crippen molar-refractivity contribution in [3.05, 3.63) is 40.1 Å². The van der Waals surface area contributed by atoms with Crippen LogP contribution in [0.15, 0.2) is 33.3 Å². The molecular weight excluding hydrogens is 274 g/mol. The number of aromatic nitrogens is 1. The van der Waals surface area contributed by atoms with Crippen molar-refractivity contribution in [2.75, 3.05) is 0 Å². The van der Waals surface area contributed by atoms with E-state index in [2.05, 4.69) is 21.1 Å². The summed E-state index contributed by atoms with van der Waals surface area (Å²) in [4.78, 5) is 10.7. The van der Waals surface area contributed by atoms with Crippen LogP contribution >= 0.6 is 15.9 Å². The number of aryl methyl sites for hydroxylation is 1. The van der Waals surface area contributed by atoms with Crippen molar-refractivity contribution < 1.29 is 14.4 Å². The number of carbonyl (C=O) groups is 1. The summed E-state index contributed by atoms with van der Waals surface area (Å²) in [7, 11) is 0. The number of nitrogens with zero attached hydrogens (tertiary/aromatic N) is 1. The van der Waals surface area contributed by atoms with Crippen LogP contribution in [0.5, 0.6) is 0 Å². The van der Waals surface area contributed by atoms with E-state index >= 15 is 0 Å². The van der Waals surface area contributed by atoms with Crippen LogP contribution in [0.4, 0.5) is 0 Å². The zero-order valence-electron chi connectivity index (χ0n) is 8.40. The molecule has 0 unspecified atom stereocenters. The normalized spacial score (nSPS) is 10.4. The van der Waals surface area contributed by atoms with Crippen molar-refractivity contribution in [2.24, 2.45) is 0 Å². The monoisotopic (exact) mass is 281 g/mol. The van der Waals surface area contributed by atoms with Gasteiger partial charge in [-0.1, -0.05) is 23.4 Å². The summed E-state index contributed by atoms with van der Waals surface area (Å²) in [6, 6.07) is 7.08. The van der Waals surface area contributed by atoms with Gasteiger partial charge in [0, 0.05) is 16.1 Å². The second-order valence-electron chi connectivity index (χ2n) is 3.32. The van der Waals surface area contributed by atoms with Gasteiger partial charge in [-0.2, -0.15) is 0 Å². The summed E-state index contributed by atoms with van der Waals surface area (Å²) >= 11 is 3.43. The minimum Gasteiger partial charge on any atom is -0.475 e. The molecule has 1 N–H and O–H groups in total. The topological polar surface area (TPSA) is 63.3 Å². The highest BCUT2D eigenvalue weighted by atomic mass is 79.9. The molecule has 5 heteroatoms. The molecule has 0 aliphatic heterocycles. The van der Waals surface area contributed by atoms with E-state index in [1.165, 1.54) is 6.07 Å². The third kappa shape index (κ3) is 1.86. The van der Waals surface area contributed by atoms with Gasteiger partial charge in [0.25, 0.3) is 0 Å². The van der Waals surface area contributed by atoms with Gasteiger partial charge in [0.2, 0.25) is 5.76 Å². The molecule has 0 aliphatic rings. The van der Waals surface area contributed by atoms with E-state index < -0.39 is 5.97 Å². The van der Waals surface area contributed by atoms with Gasteiger partial charge in [-0.05, 0) is 28.4 Å². The fraction of sp³-hybridized carbons (Fsp3) is 0.0909. The molecule has 4 nitrogen and oxygen atoms in total. The largest absolute Gasteiger partial charge is 0.475 e. The standard InChI is InChI=1S/C11H8BrNO3/c1-6-3-2-4-7(10(6)12)8-5-9(11(14)15)16-13-8/h2-5H,1H3,(H,14,15). The minimum atomic E-state index is -1.12. The van der Waals surface area contributed by atoms with Crippen LogP contribution in [0.2, 0.25) is 0 Å². The highest BCUT2D eigenvalue weighted by molar-refractivity contribution is 9.10. The Labute approximate surface area is 100 Å². The molecule has 0 saturated carbocycles. The Kier molecular flexibility index (Phi) is 2.78. The van der Waals surface area contributed by atoms with E-state index in [-0.39, 0.29) is 5.76 Å². The summed E-state index contributed by atoms with van der Waals surface area (Å²) in [6.07, 6.45) is 0. The second kappa shape index (κ2) is 4.09. The molecule has 0 atom stereocenters. The predicted molar refractivity (Wildman–Crippen MR) is 61.3 cm³/mol. The molecule has 0 aliphatic carbocycles. The summed E-state index contributed by atoms with van der Waals surface area (Å²) in [5.41, 5.74) is 2.38. The number of hydrogen-bond donors (Lipinski definition) is 1. The Morgan fingerprint density at radius 1 is 1.50 bits per heavy atom. The van der Waals surface area contributed by atoms with Crippen LogP contribution in [0.3, 0.4) is 0 Å². The lowest BCUT2D eigenvalue weighted by atomic mass is 10.1. The van der Waals surface area contributed by atoms with E-state index in [0.717, 1.165) is 15.6 Å². The highest BCUT2D eigenvalue weighted by Gasteiger charge is 2.14. The molecule has 0 amide bonds. The van der Waals surface area contributed by atoms with Crippen LogP contribution in [0, 0.1) is 6.92 Å². The highest BCUT2D eigenvalue weighted by Crippen LogP contribution is 2.30. The van der Waals surface area contributed by atoms with Crippen molar-refractivity contribution >= 4 is 21.9 Å². The molecule has 2 aromatic rings. The van der Waals surface area contributed by atoms with Gasteiger partial charge in [0.05, 0.1) is 0 Å². The molecule has 1 aromatic heterocycles. The van der Waals surface area contributed by atoms with Crippen LogP contribution in [-0.2, 0) is 0 Å². The van der Waals surface area contributed by atoms with Crippen molar-refractivity contribution in [1.82, 2.24) is 5.16 Å². The maximum Gasteiger partial charge on any atom is 0.374 e. The molecule has 0 saturated heterocycles. The summed E-state index contributed by atoms with van der Waals surface area (Å²) in [5, 5.41) is 12.4. The molecule has 0 spiro atoms. The van der Waals surface area contributed by atoms with Gasteiger partial charge < -0.3 is 9.63 Å². The molecule has 1 heterocycles. The molecule has 16 heavy (non-hydrogen) atoms. The molecule has 0 fully saturated rings. The van der Waals surface area contributed by atoms with Crippen molar-refractivity contribution in [1.29, 1.82) is 0 Å². The smallest absolute Gasteiger partial charge is 0.374 e. The number of benzene rings is 1. The summed E-state index contributed by atoms with van der Waals surface area (Å²) < 4.78 is 5.59.